The molecule has 1 aliphatic heterocycles. The summed E-state index contributed by atoms with van der Waals surface area (Å²) in [5.74, 6) is -0.865. The second-order valence-electron chi connectivity index (χ2n) is 5.55. The van der Waals surface area contributed by atoms with Crippen LogP contribution in [-0.4, -0.2) is 24.6 Å². The summed E-state index contributed by atoms with van der Waals surface area (Å²) >= 11 is 13.2. The molecule has 2 aromatic carbocycles. The molecule has 3 rings (SSSR count). The average Bonchev–Trinajstić information content (AvgIpc) is 2.62. The van der Waals surface area contributed by atoms with Gasteiger partial charge in [0, 0.05) is 15.1 Å². The van der Waals surface area contributed by atoms with Crippen LogP contribution in [0, 0.1) is 0 Å². The Kier molecular flexibility index (Phi) is 6.35. The fourth-order valence-electron chi connectivity index (χ4n) is 2.51. The summed E-state index contributed by atoms with van der Waals surface area (Å²) in [4.78, 5) is 0. The summed E-state index contributed by atoms with van der Waals surface area (Å²) in [6, 6.07) is 15.6. The summed E-state index contributed by atoms with van der Waals surface area (Å²) in [5.41, 5.74) is 1.94. The lowest BCUT2D eigenvalue weighted by molar-refractivity contribution is -0.294. The number of rotatable bonds is 5. The van der Waals surface area contributed by atoms with Crippen LogP contribution in [0.4, 0.5) is 0 Å². The van der Waals surface area contributed by atoms with Crippen molar-refractivity contribution in [3.05, 3.63) is 69.2 Å². The Morgan fingerprint density at radius 3 is 2.38 bits per heavy atom. The molecule has 1 heterocycles. The lowest BCUT2D eigenvalue weighted by Gasteiger charge is -2.39. The van der Waals surface area contributed by atoms with Crippen LogP contribution in [0.25, 0.3) is 0 Å². The third-order valence-corrected chi connectivity index (χ3v) is 5.46. The maximum atomic E-state index is 6.30. The molecule has 2 aromatic rings. The van der Waals surface area contributed by atoms with Crippen molar-refractivity contribution >= 4 is 43.5 Å². The highest BCUT2D eigenvalue weighted by Crippen LogP contribution is 2.37. The zero-order chi connectivity index (χ0) is 17.0. The lowest BCUT2D eigenvalue weighted by atomic mass is 10.1. The van der Waals surface area contributed by atoms with Crippen molar-refractivity contribution in [2.24, 2.45) is 0 Å². The van der Waals surface area contributed by atoms with E-state index in [9.17, 15) is 0 Å². The third kappa shape index (κ3) is 4.21. The molecule has 3 nitrogen and oxygen atoms in total. The summed E-state index contributed by atoms with van der Waals surface area (Å²) in [6.07, 6.45) is -0.108. The molecule has 128 valence electrons. The molecule has 0 amide bonds. The molecule has 1 saturated heterocycles. The second-order valence-corrected chi connectivity index (χ2v) is 7.43. The van der Waals surface area contributed by atoms with Gasteiger partial charge in [0.15, 0.2) is 0 Å². The van der Waals surface area contributed by atoms with Gasteiger partial charge in [-0.1, -0.05) is 73.8 Å². The number of ether oxygens (including phenoxy) is 3. The monoisotopic (exact) mass is 474 g/mol. The van der Waals surface area contributed by atoms with E-state index in [1.165, 1.54) is 0 Å². The zero-order valence-electron chi connectivity index (χ0n) is 12.9. The van der Waals surface area contributed by atoms with Gasteiger partial charge in [0.05, 0.1) is 25.2 Å². The van der Waals surface area contributed by atoms with Crippen molar-refractivity contribution in [3.63, 3.8) is 0 Å². The van der Waals surface area contributed by atoms with Gasteiger partial charge >= 0.3 is 0 Å². The first kappa shape index (κ1) is 18.4. The third-order valence-electron chi connectivity index (χ3n) is 3.86. The Hall–Kier alpha value is -0.430. The van der Waals surface area contributed by atoms with E-state index in [2.05, 4.69) is 31.9 Å². The van der Waals surface area contributed by atoms with E-state index in [0.29, 0.717) is 30.2 Å². The molecule has 6 heteroatoms. The molecule has 0 aliphatic carbocycles. The summed E-state index contributed by atoms with van der Waals surface area (Å²) in [7, 11) is 0. The van der Waals surface area contributed by atoms with Gasteiger partial charge in [0.25, 0.3) is 0 Å². The summed E-state index contributed by atoms with van der Waals surface area (Å²) < 4.78 is 19.0. The Labute approximate surface area is 163 Å². The molecule has 24 heavy (non-hydrogen) atoms. The molecular formula is C18H17Br2ClO3. The predicted octanol–water partition coefficient (Wildman–Crippen LogP) is 5.28. The SMILES string of the molecule is Clc1ccccc1C1(CBr)OCC(OCc2ccc(Br)cc2)CO1. The van der Waals surface area contributed by atoms with Crippen molar-refractivity contribution in [2.45, 2.75) is 18.5 Å². The van der Waals surface area contributed by atoms with Crippen LogP contribution in [0.1, 0.15) is 11.1 Å². The van der Waals surface area contributed by atoms with Crippen molar-refractivity contribution in [3.8, 4) is 0 Å². The van der Waals surface area contributed by atoms with E-state index in [4.69, 9.17) is 25.8 Å². The van der Waals surface area contributed by atoms with E-state index >= 15 is 0 Å². The van der Waals surface area contributed by atoms with Gasteiger partial charge in [-0.25, -0.2) is 0 Å². The first-order chi connectivity index (χ1) is 11.6. The quantitative estimate of drug-likeness (QED) is 0.550. The summed E-state index contributed by atoms with van der Waals surface area (Å²) in [6.45, 7) is 1.43. The van der Waals surface area contributed by atoms with Crippen molar-refractivity contribution in [1.82, 2.24) is 0 Å². The van der Waals surface area contributed by atoms with Crippen molar-refractivity contribution in [1.29, 1.82) is 0 Å². The van der Waals surface area contributed by atoms with E-state index in [-0.39, 0.29) is 6.10 Å². The molecule has 0 radical (unpaired) electrons. The normalized spacial score (nSPS) is 24.0. The van der Waals surface area contributed by atoms with Crippen LogP contribution in [0.15, 0.2) is 53.0 Å². The van der Waals surface area contributed by atoms with Crippen molar-refractivity contribution in [2.75, 3.05) is 18.5 Å². The first-order valence-electron chi connectivity index (χ1n) is 7.58. The topological polar surface area (TPSA) is 27.7 Å². The van der Waals surface area contributed by atoms with E-state index < -0.39 is 5.79 Å². The van der Waals surface area contributed by atoms with Gasteiger partial charge in [-0.3, -0.25) is 0 Å². The molecule has 0 N–H and O–H groups in total. The minimum absolute atomic E-state index is 0.108. The lowest BCUT2D eigenvalue weighted by Crippen LogP contribution is -2.46. The average molecular weight is 477 g/mol. The minimum Gasteiger partial charge on any atom is -0.369 e. The van der Waals surface area contributed by atoms with Crippen LogP contribution in [0.5, 0.6) is 0 Å². The predicted molar refractivity (Wildman–Crippen MR) is 102 cm³/mol. The van der Waals surface area contributed by atoms with Crippen molar-refractivity contribution < 1.29 is 14.2 Å². The van der Waals surface area contributed by atoms with Crippen LogP contribution >= 0.6 is 43.5 Å². The second kappa shape index (κ2) is 8.30. The van der Waals surface area contributed by atoms with Crippen LogP contribution in [0.3, 0.4) is 0 Å². The van der Waals surface area contributed by atoms with Gasteiger partial charge < -0.3 is 14.2 Å². The van der Waals surface area contributed by atoms with Gasteiger partial charge in [-0.05, 0) is 23.8 Å². The fraction of sp³-hybridized carbons (Fsp3) is 0.333. The van der Waals surface area contributed by atoms with Crippen LogP contribution < -0.4 is 0 Å². The smallest absolute Gasteiger partial charge is 0.206 e. The Morgan fingerprint density at radius 1 is 1.08 bits per heavy atom. The summed E-state index contributed by atoms with van der Waals surface area (Å²) in [5, 5.41) is 1.13. The Bertz CT molecular complexity index is 670. The number of benzene rings is 2. The first-order valence-corrected chi connectivity index (χ1v) is 9.87. The molecule has 0 aromatic heterocycles. The van der Waals surface area contributed by atoms with Gasteiger partial charge in [0.2, 0.25) is 5.79 Å². The maximum Gasteiger partial charge on any atom is 0.206 e. The highest BCUT2D eigenvalue weighted by atomic mass is 79.9. The number of alkyl halides is 1. The number of hydrogen-bond acceptors (Lipinski definition) is 3. The molecule has 1 fully saturated rings. The Morgan fingerprint density at radius 2 is 1.75 bits per heavy atom. The molecule has 0 saturated carbocycles. The highest BCUT2D eigenvalue weighted by Gasteiger charge is 2.40. The Balaban J connectivity index is 1.60. The van der Waals surface area contributed by atoms with Crippen LogP contribution in [-0.2, 0) is 26.6 Å². The van der Waals surface area contributed by atoms with E-state index in [1.54, 1.807) is 0 Å². The standard InChI is InChI=1S/C18H17Br2ClO3/c19-12-18(16-3-1-2-4-17(16)21)23-10-15(11-24-18)22-9-13-5-7-14(20)8-6-13/h1-8,15H,9-12H2. The molecular weight excluding hydrogens is 459 g/mol. The van der Waals surface area contributed by atoms with Gasteiger partial charge in [-0.2, -0.15) is 0 Å². The van der Waals surface area contributed by atoms with E-state index in [1.807, 2.05) is 48.5 Å². The largest absolute Gasteiger partial charge is 0.369 e. The molecule has 0 atom stereocenters. The minimum atomic E-state index is -0.865. The number of halogens is 3. The fourth-order valence-corrected chi connectivity index (χ4v) is 3.68. The maximum absolute atomic E-state index is 6.30. The zero-order valence-corrected chi connectivity index (χ0v) is 16.8. The molecule has 0 unspecified atom stereocenters. The molecule has 0 bridgehead atoms. The highest BCUT2D eigenvalue weighted by molar-refractivity contribution is 9.10. The van der Waals surface area contributed by atoms with Crippen LogP contribution in [0.2, 0.25) is 5.02 Å². The molecule has 1 aliphatic rings. The van der Waals surface area contributed by atoms with Gasteiger partial charge in [0.1, 0.15) is 6.10 Å². The van der Waals surface area contributed by atoms with E-state index in [0.717, 1.165) is 15.6 Å². The molecule has 0 spiro atoms. The number of hydrogen-bond donors (Lipinski definition) is 0. The van der Waals surface area contributed by atoms with Gasteiger partial charge in [-0.15, -0.1) is 0 Å².